The zero-order chi connectivity index (χ0) is 21.1. The Morgan fingerprint density at radius 3 is 2.43 bits per heavy atom. The minimum Gasteiger partial charge on any atom is -0.481 e. The maximum absolute atomic E-state index is 12.8. The molecule has 3 aromatic rings. The highest BCUT2D eigenvalue weighted by Crippen LogP contribution is 2.36. The number of benzene rings is 2. The molecule has 30 heavy (non-hydrogen) atoms. The lowest BCUT2D eigenvalue weighted by Crippen LogP contribution is -2.19. The quantitative estimate of drug-likeness (QED) is 0.459. The summed E-state index contributed by atoms with van der Waals surface area (Å²) in [6, 6.07) is 18.5. The van der Waals surface area contributed by atoms with E-state index >= 15 is 0 Å². The number of halogens is 1. The molecule has 1 fully saturated rings. The molecule has 6 nitrogen and oxygen atoms in total. The Hall–Kier alpha value is -3.10. The predicted molar refractivity (Wildman–Crippen MR) is 122 cm³/mol. The molecule has 1 aromatic heterocycles. The van der Waals surface area contributed by atoms with Crippen molar-refractivity contribution < 1.29 is 14.7 Å². The number of H-pyrrole nitrogens is 1. The number of carbonyl (C=O) groups is 2. The Bertz CT molecular complexity index is 1150. The van der Waals surface area contributed by atoms with Gasteiger partial charge in [0.1, 0.15) is 0 Å². The minimum atomic E-state index is -0.882. The van der Waals surface area contributed by atoms with Crippen molar-refractivity contribution >= 4 is 56.0 Å². The van der Waals surface area contributed by atoms with Crippen LogP contribution in [0.15, 0.2) is 81.2 Å². The van der Waals surface area contributed by atoms with E-state index in [0.29, 0.717) is 21.3 Å². The summed E-state index contributed by atoms with van der Waals surface area (Å²) in [5, 5.41) is 12.2. The van der Waals surface area contributed by atoms with Crippen molar-refractivity contribution in [2.24, 2.45) is 4.99 Å². The molecule has 0 spiro atoms. The van der Waals surface area contributed by atoms with Crippen molar-refractivity contribution in [1.82, 2.24) is 10.3 Å². The Morgan fingerprint density at radius 2 is 1.80 bits per heavy atom. The molecule has 8 heteroatoms. The lowest BCUT2D eigenvalue weighted by Gasteiger charge is -2.08. The molecule has 1 saturated heterocycles. The van der Waals surface area contributed by atoms with Crippen LogP contribution in [-0.2, 0) is 16.0 Å². The number of hydrogen-bond acceptors (Lipinski definition) is 4. The Kier molecular flexibility index (Phi) is 5.87. The molecule has 1 aliphatic rings. The van der Waals surface area contributed by atoms with E-state index in [1.165, 1.54) is 11.8 Å². The molecular formula is C22H16BrN3O3S. The van der Waals surface area contributed by atoms with Gasteiger partial charge in [-0.3, -0.25) is 9.59 Å². The second-order valence-corrected chi connectivity index (χ2v) is 8.42. The van der Waals surface area contributed by atoms with Gasteiger partial charge in [-0.25, -0.2) is 4.99 Å². The van der Waals surface area contributed by atoms with Crippen molar-refractivity contribution in [3.05, 3.63) is 93.1 Å². The molecule has 2 heterocycles. The van der Waals surface area contributed by atoms with Crippen molar-refractivity contribution in [1.29, 1.82) is 0 Å². The number of nitrogens with one attached hydrogen (secondary N) is 2. The van der Waals surface area contributed by atoms with Crippen LogP contribution >= 0.6 is 27.7 Å². The normalized spacial score (nSPS) is 16.6. The van der Waals surface area contributed by atoms with E-state index < -0.39 is 5.97 Å². The first-order chi connectivity index (χ1) is 14.5. The van der Waals surface area contributed by atoms with E-state index in [4.69, 9.17) is 5.11 Å². The number of amidine groups is 1. The van der Waals surface area contributed by atoms with Gasteiger partial charge in [0.25, 0.3) is 5.91 Å². The number of nitrogens with zero attached hydrogens (tertiary/aromatic N) is 1. The van der Waals surface area contributed by atoms with Gasteiger partial charge in [-0.15, -0.1) is 0 Å². The molecule has 0 saturated carbocycles. The van der Waals surface area contributed by atoms with Gasteiger partial charge in [0, 0.05) is 21.9 Å². The number of carbonyl (C=O) groups excluding carboxylic acids is 1. The summed E-state index contributed by atoms with van der Waals surface area (Å²) >= 11 is 4.72. The number of carboxylic acid groups (broad SMARTS) is 1. The fraction of sp³-hybridized carbons (Fsp3) is 0.0455. The van der Waals surface area contributed by atoms with Crippen molar-refractivity contribution in [2.45, 2.75) is 6.42 Å². The maximum atomic E-state index is 12.8. The summed E-state index contributed by atoms with van der Waals surface area (Å²) in [7, 11) is 0. The van der Waals surface area contributed by atoms with E-state index in [1.54, 1.807) is 24.3 Å². The number of carboxylic acids is 1. The summed E-state index contributed by atoms with van der Waals surface area (Å²) in [6.45, 7) is 0. The van der Waals surface area contributed by atoms with Crippen molar-refractivity contribution in [3.8, 4) is 0 Å². The molecule has 1 aliphatic heterocycles. The van der Waals surface area contributed by atoms with Gasteiger partial charge in [0.2, 0.25) is 0 Å². The zero-order valence-corrected chi connectivity index (χ0v) is 18.0. The largest absolute Gasteiger partial charge is 0.481 e. The van der Waals surface area contributed by atoms with Crippen LogP contribution in [0.25, 0.3) is 5.57 Å². The SMILES string of the molecule is O=C(O)Cc1ccc(N=C2NC(=O)C(=C(c3ccc(Br)cc3)c3ccc[nH]3)S2)cc1. The van der Waals surface area contributed by atoms with Crippen LogP contribution < -0.4 is 5.32 Å². The third kappa shape index (κ3) is 4.55. The van der Waals surface area contributed by atoms with Crippen molar-refractivity contribution in [3.63, 3.8) is 0 Å². The van der Waals surface area contributed by atoms with Gasteiger partial charge >= 0.3 is 5.97 Å². The van der Waals surface area contributed by atoms with Gasteiger partial charge in [-0.05, 0) is 59.3 Å². The number of aliphatic carboxylic acids is 1. The molecule has 2 aromatic carbocycles. The number of aliphatic imine (C=N–C) groups is 1. The summed E-state index contributed by atoms with van der Waals surface area (Å²) < 4.78 is 0.958. The van der Waals surface area contributed by atoms with Gasteiger partial charge in [-0.1, -0.05) is 40.2 Å². The van der Waals surface area contributed by atoms with Crippen LogP contribution in [0.1, 0.15) is 16.8 Å². The van der Waals surface area contributed by atoms with E-state index in [0.717, 1.165) is 21.3 Å². The number of aromatic nitrogens is 1. The van der Waals surface area contributed by atoms with Crippen LogP contribution in [0.2, 0.25) is 0 Å². The van der Waals surface area contributed by atoms with Crippen LogP contribution in [0.3, 0.4) is 0 Å². The smallest absolute Gasteiger partial charge is 0.307 e. The summed E-state index contributed by atoms with van der Waals surface area (Å²) in [6.07, 6.45) is 1.78. The topological polar surface area (TPSA) is 94.5 Å². The summed E-state index contributed by atoms with van der Waals surface area (Å²) in [5.74, 6) is -1.10. The van der Waals surface area contributed by atoms with Gasteiger partial charge in [0.15, 0.2) is 5.17 Å². The number of hydrogen-bond donors (Lipinski definition) is 3. The standard InChI is InChI=1S/C22H16BrN3O3S/c23-15-7-5-14(6-8-15)19(17-2-1-11-24-17)20-21(29)26-22(30-20)25-16-9-3-13(4-10-16)12-18(27)28/h1-11,24H,12H2,(H,27,28)(H,25,26,29). The monoisotopic (exact) mass is 481 g/mol. The Morgan fingerprint density at radius 1 is 1.07 bits per heavy atom. The molecule has 0 unspecified atom stereocenters. The van der Waals surface area contributed by atoms with Crippen LogP contribution in [0.4, 0.5) is 5.69 Å². The Labute approximate surface area is 185 Å². The second kappa shape index (κ2) is 8.73. The lowest BCUT2D eigenvalue weighted by atomic mass is 10.0. The average molecular weight is 482 g/mol. The van der Waals surface area contributed by atoms with Gasteiger partial charge in [-0.2, -0.15) is 0 Å². The molecule has 150 valence electrons. The zero-order valence-electron chi connectivity index (χ0n) is 15.6. The maximum Gasteiger partial charge on any atom is 0.307 e. The fourth-order valence-electron chi connectivity index (χ4n) is 3.03. The third-order valence-electron chi connectivity index (χ3n) is 4.38. The minimum absolute atomic E-state index is 0.0398. The highest BCUT2D eigenvalue weighted by atomic mass is 79.9. The second-order valence-electron chi connectivity index (χ2n) is 6.50. The van der Waals surface area contributed by atoms with Crippen LogP contribution in [0, 0.1) is 0 Å². The molecular weight excluding hydrogens is 466 g/mol. The fourth-order valence-corrected chi connectivity index (χ4v) is 4.26. The molecule has 4 rings (SSSR count). The summed E-state index contributed by atoms with van der Waals surface area (Å²) in [5.41, 5.74) is 3.89. The van der Waals surface area contributed by atoms with Gasteiger partial charge in [0.05, 0.1) is 17.0 Å². The molecule has 1 amide bonds. The first-order valence-corrected chi connectivity index (χ1v) is 10.6. The first kappa shape index (κ1) is 20.2. The molecule has 0 aliphatic carbocycles. The summed E-state index contributed by atoms with van der Waals surface area (Å²) in [4.78, 5) is 31.8. The Balaban J connectivity index is 1.67. The van der Waals surface area contributed by atoms with E-state index in [-0.39, 0.29) is 12.3 Å². The molecule has 0 atom stereocenters. The number of aromatic amines is 1. The number of thioether (sulfide) groups is 1. The first-order valence-electron chi connectivity index (χ1n) is 9.02. The highest BCUT2D eigenvalue weighted by Gasteiger charge is 2.29. The van der Waals surface area contributed by atoms with E-state index in [2.05, 4.69) is 31.2 Å². The molecule has 0 bridgehead atoms. The molecule has 0 radical (unpaired) electrons. The molecule has 3 N–H and O–H groups in total. The average Bonchev–Trinajstić information content (AvgIpc) is 3.36. The third-order valence-corrected chi connectivity index (χ3v) is 5.88. The lowest BCUT2D eigenvalue weighted by molar-refractivity contribution is -0.136. The highest BCUT2D eigenvalue weighted by molar-refractivity contribution is 9.10. The van der Waals surface area contributed by atoms with E-state index in [1.807, 2.05) is 42.6 Å². The van der Waals surface area contributed by atoms with Crippen molar-refractivity contribution in [2.75, 3.05) is 0 Å². The van der Waals surface area contributed by atoms with Gasteiger partial charge < -0.3 is 15.4 Å². The van der Waals surface area contributed by atoms with E-state index in [9.17, 15) is 9.59 Å². The number of rotatable bonds is 5. The van der Waals surface area contributed by atoms with Crippen LogP contribution in [0.5, 0.6) is 0 Å². The number of amides is 1. The predicted octanol–water partition coefficient (Wildman–Crippen LogP) is 4.71. The van der Waals surface area contributed by atoms with Crippen LogP contribution in [-0.4, -0.2) is 27.1 Å².